The zero-order valence-electron chi connectivity index (χ0n) is 19.8. The van der Waals surface area contributed by atoms with Gasteiger partial charge in [-0.3, -0.25) is 4.79 Å². The first-order chi connectivity index (χ1) is 15.2. The van der Waals surface area contributed by atoms with Crippen molar-refractivity contribution in [3.63, 3.8) is 0 Å². The fourth-order valence-corrected chi connectivity index (χ4v) is 5.39. The van der Waals surface area contributed by atoms with E-state index in [-0.39, 0.29) is 22.3 Å². The third kappa shape index (κ3) is 6.33. The molecule has 4 atom stereocenters. The van der Waals surface area contributed by atoms with Crippen molar-refractivity contribution in [1.82, 2.24) is 0 Å². The molecule has 8 heteroatoms. The molecule has 0 amide bonds. The summed E-state index contributed by atoms with van der Waals surface area (Å²) in [6.07, 6.45) is 8.11. The number of rotatable bonds is 10. The highest BCUT2D eigenvalue weighted by Crippen LogP contribution is 2.70. The van der Waals surface area contributed by atoms with E-state index in [4.69, 9.17) is 15.3 Å². The van der Waals surface area contributed by atoms with Crippen molar-refractivity contribution in [2.75, 3.05) is 0 Å². The second-order valence-corrected chi connectivity index (χ2v) is 9.61. The summed E-state index contributed by atoms with van der Waals surface area (Å²) in [5.41, 5.74) is 0.530. The van der Waals surface area contributed by atoms with Gasteiger partial charge in [-0.15, -0.1) is 6.58 Å². The second-order valence-electron chi connectivity index (χ2n) is 9.61. The SMILES string of the molecule is C=CC(C(=O)O)C(=CC(=O)O)C1CC2CCC1(C)C2(C)C.CCCC/C(=C/C(=O)O)C(=O)O. The highest BCUT2D eigenvalue weighted by molar-refractivity contribution is 5.94. The van der Waals surface area contributed by atoms with Gasteiger partial charge in [0, 0.05) is 17.7 Å². The minimum absolute atomic E-state index is 0.00134. The summed E-state index contributed by atoms with van der Waals surface area (Å²) >= 11 is 0. The molecule has 33 heavy (non-hydrogen) atoms. The summed E-state index contributed by atoms with van der Waals surface area (Å²) in [5.74, 6) is -4.85. The van der Waals surface area contributed by atoms with Crippen molar-refractivity contribution in [2.24, 2.45) is 28.6 Å². The maximum Gasteiger partial charge on any atom is 0.331 e. The lowest BCUT2D eigenvalue weighted by Crippen LogP contribution is -2.35. The first-order valence-electron chi connectivity index (χ1n) is 11.2. The molecule has 0 spiro atoms. The van der Waals surface area contributed by atoms with E-state index in [9.17, 15) is 24.3 Å². The fourth-order valence-electron chi connectivity index (χ4n) is 5.39. The van der Waals surface area contributed by atoms with Gasteiger partial charge in [-0.05, 0) is 60.3 Å². The molecule has 0 saturated heterocycles. The quantitative estimate of drug-likeness (QED) is 0.270. The molecule has 2 aliphatic rings. The number of carboxylic acids is 4. The molecule has 2 aliphatic carbocycles. The van der Waals surface area contributed by atoms with Crippen molar-refractivity contribution in [2.45, 2.75) is 66.2 Å². The molecule has 0 aliphatic heterocycles. The number of fused-ring (bicyclic) bond motifs is 2. The van der Waals surface area contributed by atoms with E-state index in [2.05, 4.69) is 27.4 Å². The molecule has 2 saturated carbocycles. The van der Waals surface area contributed by atoms with Gasteiger partial charge in [0.2, 0.25) is 0 Å². The Hall–Kier alpha value is -2.90. The van der Waals surface area contributed by atoms with Crippen molar-refractivity contribution < 1.29 is 39.6 Å². The summed E-state index contributed by atoms with van der Waals surface area (Å²) < 4.78 is 0. The van der Waals surface area contributed by atoms with Gasteiger partial charge in [0.25, 0.3) is 0 Å². The van der Waals surface area contributed by atoms with Crippen LogP contribution in [-0.2, 0) is 19.2 Å². The molecule has 0 aromatic rings. The van der Waals surface area contributed by atoms with Gasteiger partial charge in [0.1, 0.15) is 0 Å². The van der Waals surface area contributed by atoms with Crippen LogP contribution in [0.3, 0.4) is 0 Å². The first kappa shape index (κ1) is 28.1. The average molecular weight is 465 g/mol. The second kappa shape index (κ2) is 11.3. The molecule has 4 N–H and O–H groups in total. The van der Waals surface area contributed by atoms with E-state index in [0.717, 1.165) is 37.8 Å². The number of hydrogen-bond donors (Lipinski definition) is 4. The highest BCUT2D eigenvalue weighted by atomic mass is 16.4. The topological polar surface area (TPSA) is 149 Å². The van der Waals surface area contributed by atoms with E-state index < -0.39 is 29.8 Å². The van der Waals surface area contributed by atoms with E-state index in [1.54, 1.807) is 0 Å². The van der Waals surface area contributed by atoms with Crippen molar-refractivity contribution in [3.05, 3.63) is 36.0 Å². The Kier molecular flexibility index (Phi) is 9.63. The van der Waals surface area contributed by atoms with E-state index in [1.807, 2.05) is 6.92 Å². The molecule has 2 fully saturated rings. The average Bonchev–Trinajstić information content (AvgIpc) is 3.03. The Morgan fingerprint density at radius 1 is 1.03 bits per heavy atom. The smallest absolute Gasteiger partial charge is 0.331 e. The van der Waals surface area contributed by atoms with Crippen LogP contribution in [0.15, 0.2) is 36.0 Å². The third-order valence-corrected chi connectivity index (χ3v) is 7.72. The van der Waals surface area contributed by atoms with Crippen LogP contribution in [-0.4, -0.2) is 44.3 Å². The van der Waals surface area contributed by atoms with Crippen LogP contribution in [0.5, 0.6) is 0 Å². The number of hydrogen-bond acceptors (Lipinski definition) is 4. The molecule has 2 bridgehead atoms. The normalized spacial score (nSPS) is 26.7. The number of unbranched alkanes of at least 4 members (excludes halogenated alkanes) is 1. The minimum Gasteiger partial charge on any atom is -0.481 e. The Morgan fingerprint density at radius 3 is 1.94 bits per heavy atom. The summed E-state index contributed by atoms with van der Waals surface area (Å²) in [6.45, 7) is 12.1. The zero-order chi connectivity index (χ0) is 25.6. The van der Waals surface area contributed by atoms with Crippen molar-refractivity contribution >= 4 is 23.9 Å². The standard InChI is InChI=1S/C17H24O4.C8H12O4/c1-5-11(15(20)21)12(9-14(18)19)13-8-10-6-7-17(13,4)16(10,2)3;1-2-3-4-6(8(11)12)5-7(9)10/h5,9-11,13H,1,6-8H2,2-4H3,(H,18,19)(H,20,21);5H,2-4H2,1H3,(H,9,10)(H,11,12)/b;6-5-. The summed E-state index contributed by atoms with van der Waals surface area (Å²) in [5, 5.41) is 35.4. The molecule has 184 valence electrons. The van der Waals surface area contributed by atoms with Crippen molar-refractivity contribution in [1.29, 1.82) is 0 Å². The highest BCUT2D eigenvalue weighted by Gasteiger charge is 2.62. The Bertz CT molecular complexity index is 850. The Labute approximate surface area is 194 Å². The maximum atomic E-state index is 11.5. The third-order valence-electron chi connectivity index (χ3n) is 7.72. The molecule has 0 radical (unpaired) electrons. The fraction of sp³-hybridized carbons (Fsp3) is 0.600. The monoisotopic (exact) mass is 464 g/mol. The van der Waals surface area contributed by atoms with E-state index >= 15 is 0 Å². The molecular weight excluding hydrogens is 428 g/mol. The van der Waals surface area contributed by atoms with Crippen LogP contribution in [0.1, 0.15) is 66.2 Å². The van der Waals surface area contributed by atoms with Crippen LogP contribution in [0.2, 0.25) is 0 Å². The van der Waals surface area contributed by atoms with Crippen LogP contribution >= 0.6 is 0 Å². The van der Waals surface area contributed by atoms with Crippen LogP contribution in [0.4, 0.5) is 0 Å². The number of carbonyl (C=O) groups is 4. The molecular formula is C25H36O8. The molecule has 2 rings (SSSR count). The molecule has 0 aromatic heterocycles. The molecule has 4 unspecified atom stereocenters. The van der Waals surface area contributed by atoms with Gasteiger partial charge in [-0.2, -0.15) is 0 Å². The summed E-state index contributed by atoms with van der Waals surface area (Å²) in [6, 6.07) is 0. The van der Waals surface area contributed by atoms with Gasteiger partial charge in [-0.25, -0.2) is 14.4 Å². The lowest BCUT2D eigenvalue weighted by molar-refractivity contribution is -0.139. The summed E-state index contributed by atoms with van der Waals surface area (Å²) in [4.78, 5) is 43.2. The van der Waals surface area contributed by atoms with Gasteiger partial charge < -0.3 is 20.4 Å². The Morgan fingerprint density at radius 2 is 1.61 bits per heavy atom. The predicted octanol–water partition coefficient (Wildman–Crippen LogP) is 4.62. The Balaban J connectivity index is 0.000000389. The number of aliphatic carboxylic acids is 4. The van der Waals surface area contributed by atoms with Crippen LogP contribution < -0.4 is 0 Å². The van der Waals surface area contributed by atoms with E-state index in [1.165, 1.54) is 6.08 Å². The van der Waals surface area contributed by atoms with Gasteiger partial charge >= 0.3 is 23.9 Å². The van der Waals surface area contributed by atoms with Gasteiger partial charge in [-0.1, -0.05) is 40.2 Å². The predicted molar refractivity (Wildman–Crippen MR) is 123 cm³/mol. The van der Waals surface area contributed by atoms with Gasteiger partial charge in [0.05, 0.1) is 5.92 Å². The van der Waals surface area contributed by atoms with Crippen molar-refractivity contribution in [3.8, 4) is 0 Å². The zero-order valence-corrected chi connectivity index (χ0v) is 19.8. The largest absolute Gasteiger partial charge is 0.481 e. The molecule has 8 nitrogen and oxygen atoms in total. The lowest BCUT2D eigenvalue weighted by Gasteiger charge is -2.41. The number of carboxylic acid groups (broad SMARTS) is 4. The molecule has 0 heterocycles. The van der Waals surface area contributed by atoms with E-state index in [0.29, 0.717) is 24.3 Å². The van der Waals surface area contributed by atoms with Gasteiger partial charge in [0.15, 0.2) is 0 Å². The van der Waals surface area contributed by atoms with Crippen LogP contribution in [0.25, 0.3) is 0 Å². The lowest BCUT2D eigenvalue weighted by atomic mass is 9.63. The first-order valence-corrected chi connectivity index (χ1v) is 11.2. The minimum atomic E-state index is -1.21. The van der Waals surface area contributed by atoms with Crippen LogP contribution in [0, 0.1) is 28.6 Å². The maximum absolute atomic E-state index is 11.5. The summed E-state index contributed by atoms with van der Waals surface area (Å²) in [7, 11) is 0. The molecule has 0 aromatic carbocycles.